The fourth-order valence-electron chi connectivity index (χ4n) is 4.15. The molecule has 1 aromatic rings. The lowest BCUT2D eigenvalue weighted by molar-refractivity contribution is -0.0817. The Morgan fingerprint density at radius 1 is 1.29 bits per heavy atom. The molecule has 28 heavy (non-hydrogen) atoms. The van der Waals surface area contributed by atoms with Crippen LogP contribution in [0.4, 0.5) is 0 Å². The fourth-order valence-corrected chi connectivity index (χ4v) is 4.34. The molecule has 1 N–H and O–H groups in total. The van der Waals surface area contributed by atoms with Crippen LogP contribution in [0.1, 0.15) is 38.2 Å². The Bertz CT molecular complexity index is 677. The summed E-state index contributed by atoms with van der Waals surface area (Å²) in [4.78, 5) is 7.37. The van der Waals surface area contributed by atoms with Gasteiger partial charge in [-0.1, -0.05) is 23.7 Å². The van der Waals surface area contributed by atoms with Crippen molar-refractivity contribution in [1.82, 2.24) is 10.2 Å². The molecule has 2 unspecified atom stereocenters. The van der Waals surface area contributed by atoms with Crippen molar-refractivity contribution in [2.24, 2.45) is 4.99 Å². The third-order valence-corrected chi connectivity index (χ3v) is 6.16. The number of nitrogens with zero attached hydrogens (tertiary/aromatic N) is 2. The van der Waals surface area contributed by atoms with Crippen LogP contribution >= 0.6 is 35.6 Å². The Kier molecular flexibility index (Phi) is 7.87. The third-order valence-electron chi connectivity index (χ3n) is 5.93. The van der Waals surface area contributed by atoms with Crippen molar-refractivity contribution in [1.29, 1.82) is 0 Å². The maximum absolute atomic E-state index is 6.21. The van der Waals surface area contributed by atoms with Gasteiger partial charge in [0.1, 0.15) is 6.10 Å². The predicted octanol–water partition coefficient (Wildman–Crippen LogP) is 3.83. The van der Waals surface area contributed by atoms with Gasteiger partial charge in [-0.15, -0.1) is 24.0 Å². The molecule has 7 heteroatoms. The fraction of sp³-hybridized carbons (Fsp3) is 0.667. The van der Waals surface area contributed by atoms with E-state index in [2.05, 4.69) is 29.3 Å². The highest BCUT2D eigenvalue weighted by Gasteiger charge is 2.44. The van der Waals surface area contributed by atoms with Crippen LogP contribution in [0.3, 0.4) is 0 Å². The SMILES string of the molecule is CCNC(=NCC1(c2cccc(Cl)c2)CC1)N1CCOC(C2CCCO2)C1.I. The second kappa shape index (κ2) is 9.96. The standard InChI is InChI=1S/C21H30ClN3O2.HI/c1-2-23-20(25-10-12-27-19(14-25)18-7-4-11-26-18)24-15-21(8-9-21)16-5-3-6-17(22)13-16;/h3,5-6,13,18-19H,2,4,7-12,14-15H2,1H3,(H,23,24);1H. The molecule has 3 aliphatic rings. The van der Waals surface area contributed by atoms with Crippen LogP contribution in [0.25, 0.3) is 0 Å². The molecule has 0 bridgehead atoms. The number of hydrogen-bond donors (Lipinski definition) is 1. The molecule has 1 saturated carbocycles. The number of hydrogen-bond acceptors (Lipinski definition) is 3. The molecule has 1 aliphatic carbocycles. The number of halogens is 2. The Balaban J connectivity index is 0.00000225. The lowest BCUT2D eigenvalue weighted by Gasteiger charge is -2.37. The molecule has 0 amide bonds. The number of rotatable bonds is 5. The maximum Gasteiger partial charge on any atom is 0.194 e. The van der Waals surface area contributed by atoms with Crippen LogP contribution in [0.15, 0.2) is 29.3 Å². The Morgan fingerprint density at radius 3 is 2.79 bits per heavy atom. The second-order valence-electron chi connectivity index (χ2n) is 7.87. The van der Waals surface area contributed by atoms with Crippen molar-refractivity contribution in [3.8, 4) is 0 Å². The zero-order valence-corrected chi connectivity index (χ0v) is 19.6. The molecule has 0 radical (unpaired) electrons. The molecule has 2 atom stereocenters. The van der Waals surface area contributed by atoms with Gasteiger partial charge in [0.2, 0.25) is 0 Å². The summed E-state index contributed by atoms with van der Waals surface area (Å²) >= 11 is 6.21. The minimum absolute atomic E-state index is 0. The average molecular weight is 520 g/mol. The lowest BCUT2D eigenvalue weighted by Crippen LogP contribution is -2.53. The normalized spacial score (nSPS) is 26.6. The minimum atomic E-state index is 0. The van der Waals surface area contributed by atoms with Crippen LogP contribution in [-0.2, 0) is 14.9 Å². The van der Waals surface area contributed by atoms with E-state index >= 15 is 0 Å². The lowest BCUT2D eigenvalue weighted by atomic mass is 9.96. The van der Waals surface area contributed by atoms with Gasteiger partial charge < -0.3 is 19.7 Å². The van der Waals surface area contributed by atoms with E-state index in [-0.39, 0.29) is 41.6 Å². The second-order valence-corrected chi connectivity index (χ2v) is 8.30. The maximum atomic E-state index is 6.21. The van der Waals surface area contributed by atoms with Gasteiger partial charge in [0, 0.05) is 36.7 Å². The average Bonchev–Trinajstić information content (AvgIpc) is 3.28. The molecule has 2 saturated heterocycles. The Labute approximate surface area is 190 Å². The highest BCUT2D eigenvalue weighted by atomic mass is 127. The molecular weight excluding hydrogens is 489 g/mol. The summed E-state index contributed by atoms with van der Waals surface area (Å²) in [6.45, 7) is 7.11. The summed E-state index contributed by atoms with van der Waals surface area (Å²) in [5, 5.41) is 4.29. The van der Waals surface area contributed by atoms with Crippen molar-refractivity contribution >= 4 is 41.5 Å². The summed E-state index contributed by atoms with van der Waals surface area (Å²) in [7, 11) is 0. The smallest absolute Gasteiger partial charge is 0.194 e. The molecular formula is C21H31ClIN3O2. The summed E-state index contributed by atoms with van der Waals surface area (Å²) < 4.78 is 11.8. The van der Waals surface area contributed by atoms with Gasteiger partial charge >= 0.3 is 0 Å². The number of morpholine rings is 1. The van der Waals surface area contributed by atoms with Gasteiger partial charge in [0.05, 0.1) is 19.3 Å². The molecule has 3 fully saturated rings. The van der Waals surface area contributed by atoms with Crippen LogP contribution in [0.5, 0.6) is 0 Å². The zero-order chi connectivity index (χ0) is 18.7. The van der Waals surface area contributed by atoms with Crippen LogP contribution in [0, 0.1) is 0 Å². The number of nitrogens with one attached hydrogen (secondary N) is 1. The van der Waals surface area contributed by atoms with E-state index in [1.165, 1.54) is 18.4 Å². The van der Waals surface area contributed by atoms with Gasteiger partial charge in [-0.05, 0) is 50.3 Å². The van der Waals surface area contributed by atoms with E-state index in [1.54, 1.807) is 0 Å². The molecule has 2 heterocycles. The highest BCUT2D eigenvalue weighted by molar-refractivity contribution is 14.0. The van der Waals surface area contributed by atoms with Gasteiger partial charge in [0.25, 0.3) is 0 Å². The first-order valence-corrected chi connectivity index (χ1v) is 10.6. The van der Waals surface area contributed by atoms with E-state index in [9.17, 15) is 0 Å². The largest absolute Gasteiger partial charge is 0.375 e. The first-order valence-electron chi connectivity index (χ1n) is 10.2. The van der Waals surface area contributed by atoms with Gasteiger partial charge in [-0.2, -0.15) is 0 Å². The Morgan fingerprint density at radius 2 is 2.11 bits per heavy atom. The van der Waals surface area contributed by atoms with Crippen LogP contribution < -0.4 is 5.32 Å². The molecule has 0 spiro atoms. The number of aliphatic imine (C=N–C) groups is 1. The Hall–Kier alpha value is -0.570. The molecule has 156 valence electrons. The van der Waals surface area contributed by atoms with Crippen molar-refractivity contribution in [2.75, 3.05) is 39.4 Å². The van der Waals surface area contributed by atoms with E-state index in [0.717, 1.165) is 63.2 Å². The van der Waals surface area contributed by atoms with Gasteiger partial charge in [0.15, 0.2) is 5.96 Å². The molecule has 2 aliphatic heterocycles. The topological polar surface area (TPSA) is 46.1 Å². The molecule has 4 rings (SSSR count). The number of guanidine groups is 1. The molecule has 1 aromatic carbocycles. The first-order chi connectivity index (χ1) is 13.2. The van der Waals surface area contributed by atoms with Crippen molar-refractivity contribution in [3.05, 3.63) is 34.9 Å². The summed E-state index contributed by atoms with van der Waals surface area (Å²) in [5.74, 6) is 0.997. The highest BCUT2D eigenvalue weighted by Crippen LogP contribution is 2.48. The van der Waals surface area contributed by atoms with Gasteiger partial charge in [-0.3, -0.25) is 4.99 Å². The van der Waals surface area contributed by atoms with Crippen molar-refractivity contribution in [3.63, 3.8) is 0 Å². The zero-order valence-electron chi connectivity index (χ0n) is 16.5. The van der Waals surface area contributed by atoms with E-state index in [1.807, 2.05) is 12.1 Å². The van der Waals surface area contributed by atoms with Crippen LogP contribution in [-0.4, -0.2) is 62.5 Å². The molecule has 0 aromatic heterocycles. The van der Waals surface area contributed by atoms with Crippen molar-refractivity contribution < 1.29 is 9.47 Å². The first kappa shape index (κ1) is 22.1. The van der Waals surface area contributed by atoms with E-state index in [0.29, 0.717) is 0 Å². The minimum Gasteiger partial charge on any atom is -0.375 e. The molecule has 5 nitrogen and oxygen atoms in total. The summed E-state index contributed by atoms with van der Waals surface area (Å²) in [5.41, 5.74) is 1.47. The van der Waals surface area contributed by atoms with E-state index in [4.69, 9.17) is 26.1 Å². The third kappa shape index (κ3) is 5.12. The van der Waals surface area contributed by atoms with Crippen molar-refractivity contribution in [2.45, 2.75) is 50.2 Å². The quantitative estimate of drug-likeness (QED) is 0.365. The van der Waals surface area contributed by atoms with Gasteiger partial charge in [-0.25, -0.2) is 0 Å². The number of ether oxygens (including phenoxy) is 2. The van der Waals surface area contributed by atoms with E-state index < -0.39 is 0 Å². The predicted molar refractivity (Wildman–Crippen MR) is 124 cm³/mol. The van der Waals surface area contributed by atoms with Crippen LogP contribution in [0.2, 0.25) is 5.02 Å². The summed E-state index contributed by atoms with van der Waals surface area (Å²) in [6.07, 6.45) is 4.98. The number of benzene rings is 1. The summed E-state index contributed by atoms with van der Waals surface area (Å²) in [6, 6.07) is 8.26. The monoisotopic (exact) mass is 519 g/mol.